The van der Waals surface area contributed by atoms with E-state index in [9.17, 15) is 4.79 Å². The molecule has 1 aliphatic carbocycles. The van der Waals surface area contributed by atoms with Gasteiger partial charge in [0.25, 0.3) is 5.91 Å². The van der Waals surface area contributed by atoms with Crippen molar-refractivity contribution in [3.05, 3.63) is 34.3 Å². The highest BCUT2D eigenvalue weighted by Gasteiger charge is 2.53. The topological polar surface area (TPSA) is 29.5 Å². The number of benzene rings is 1. The first-order chi connectivity index (χ1) is 8.22. The highest BCUT2D eigenvalue weighted by molar-refractivity contribution is 9.10. The van der Waals surface area contributed by atoms with Crippen LogP contribution in [0.1, 0.15) is 24.8 Å². The van der Waals surface area contributed by atoms with E-state index in [-0.39, 0.29) is 11.3 Å². The third kappa shape index (κ3) is 1.89. The van der Waals surface area contributed by atoms with Crippen molar-refractivity contribution in [1.29, 1.82) is 0 Å². The maximum Gasteiger partial charge on any atom is 0.256 e. The predicted molar refractivity (Wildman–Crippen MR) is 67.3 cm³/mol. The lowest BCUT2D eigenvalue weighted by Crippen LogP contribution is -2.36. The lowest BCUT2D eigenvalue weighted by molar-refractivity contribution is -0.171. The van der Waals surface area contributed by atoms with Crippen molar-refractivity contribution in [1.82, 2.24) is 5.06 Å². The molecule has 1 saturated carbocycles. The van der Waals surface area contributed by atoms with Crippen molar-refractivity contribution in [2.24, 2.45) is 0 Å². The molecular formula is C13H14BrNO2. The molecule has 0 N–H and O–H groups in total. The van der Waals surface area contributed by atoms with Crippen LogP contribution >= 0.6 is 15.9 Å². The molecule has 1 heterocycles. The Morgan fingerprint density at radius 1 is 1.29 bits per heavy atom. The van der Waals surface area contributed by atoms with Gasteiger partial charge in [0.15, 0.2) is 0 Å². The van der Waals surface area contributed by atoms with Gasteiger partial charge >= 0.3 is 0 Å². The molecule has 0 spiro atoms. The van der Waals surface area contributed by atoms with Gasteiger partial charge in [0.1, 0.15) is 0 Å². The number of carbonyl (C=O) groups excluding carboxylic acids is 1. The van der Waals surface area contributed by atoms with Crippen LogP contribution in [0.2, 0.25) is 0 Å². The minimum atomic E-state index is -0.301. The molecule has 90 valence electrons. The van der Waals surface area contributed by atoms with Gasteiger partial charge in [-0.05, 0) is 37.0 Å². The van der Waals surface area contributed by atoms with E-state index < -0.39 is 0 Å². The zero-order valence-corrected chi connectivity index (χ0v) is 11.1. The Bertz CT molecular complexity index is 433. The summed E-state index contributed by atoms with van der Waals surface area (Å²) in [4.78, 5) is 17.8. The van der Waals surface area contributed by atoms with Crippen LogP contribution in [-0.2, 0) is 15.0 Å². The number of rotatable bonds is 2. The van der Waals surface area contributed by atoms with E-state index in [1.807, 2.05) is 24.3 Å². The second-order valence-corrected chi connectivity index (χ2v) is 5.60. The Balaban J connectivity index is 1.85. The molecule has 2 aliphatic rings. The fourth-order valence-electron chi connectivity index (χ4n) is 2.37. The number of hydroxylamine groups is 2. The van der Waals surface area contributed by atoms with Gasteiger partial charge < -0.3 is 0 Å². The first-order valence-electron chi connectivity index (χ1n) is 5.93. The van der Waals surface area contributed by atoms with E-state index in [2.05, 4.69) is 15.9 Å². The fourth-order valence-corrected chi connectivity index (χ4v) is 2.63. The molecule has 1 aliphatic heterocycles. The molecule has 0 bridgehead atoms. The summed E-state index contributed by atoms with van der Waals surface area (Å²) in [6, 6.07) is 8.05. The largest absolute Gasteiger partial charge is 0.272 e. The predicted octanol–water partition coefficient (Wildman–Crippen LogP) is 2.64. The molecule has 1 aromatic rings. The maximum atomic E-state index is 12.4. The van der Waals surface area contributed by atoms with E-state index in [0.717, 1.165) is 35.8 Å². The van der Waals surface area contributed by atoms with Crippen molar-refractivity contribution >= 4 is 21.8 Å². The van der Waals surface area contributed by atoms with E-state index >= 15 is 0 Å². The number of carbonyl (C=O) groups is 1. The second-order valence-electron chi connectivity index (χ2n) is 4.68. The third-order valence-electron chi connectivity index (χ3n) is 3.54. The smallest absolute Gasteiger partial charge is 0.256 e. The number of halogens is 1. The fraction of sp³-hybridized carbons (Fsp3) is 0.462. The standard InChI is InChI=1S/C13H14BrNO2/c14-11-4-2-10(3-5-11)13(6-7-13)12(16)15-8-1-9-17-15/h2-5H,1,6-9H2. The van der Waals surface area contributed by atoms with E-state index in [1.165, 1.54) is 0 Å². The van der Waals surface area contributed by atoms with Gasteiger partial charge in [0.2, 0.25) is 0 Å². The Labute approximate surface area is 109 Å². The summed E-state index contributed by atoms with van der Waals surface area (Å²) in [6.45, 7) is 1.40. The van der Waals surface area contributed by atoms with E-state index in [0.29, 0.717) is 6.61 Å². The molecule has 1 amide bonds. The molecule has 3 rings (SSSR count). The maximum absolute atomic E-state index is 12.4. The van der Waals surface area contributed by atoms with Crippen LogP contribution in [0.3, 0.4) is 0 Å². The number of hydrogen-bond acceptors (Lipinski definition) is 2. The monoisotopic (exact) mass is 295 g/mol. The number of nitrogens with zero attached hydrogens (tertiary/aromatic N) is 1. The summed E-state index contributed by atoms with van der Waals surface area (Å²) in [7, 11) is 0. The van der Waals surface area contributed by atoms with E-state index in [1.54, 1.807) is 5.06 Å². The molecule has 17 heavy (non-hydrogen) atoms. The van der Waals surface area contributed by atoms with Gasteiger partial charge in [-0.25, -0.2) is 5.06 Å². The van der Waals surface area contributed by atoms with Gasteiger partial charge in [0.05, 0.1) is 18.6 Å². The van der Waals surface area contributed by atoms with Crippen LogP contribution in [0.25, 0.3) is 0 Å². The summed E-state index contributed by atoms with van der Waals surface area (Å²) >= 11 is 3.42. The number of amides is 1. The van der Waals surface area contributed by atoms with E-state index in [4.69, 9.17) is 4.84 Å². The average molecular weight is 296 g/mol. The van der Waals surface area contributed by atoms with Crippen molar-refractivity contribution in [2.75, 3.05) is 13.2 Å². The molecule has 0 aromatic heterocycles. The number of hydrogen-bond donors (Lipinski definition) is 0. The molecule has 4 heteroatoms. The molecular weight excluding hydrogens is 282 g/mol. The van der Waals surface area contributed by atoms with Crippen LogP contribution in [0, 0.1) is 0 Å². The zero-order valence-electron chi connectivity index (χ0n) is 9.49. The zero-order chi connectivity index (χ0) is 11.9. The molecule has 3 nitrogen and oxygen atoms in total. The molecule has 0 unspecified atom stereocenters. The van der Waals surface area contributed by atoms with Gasteiger partial charge in [0, 0.05) is 4.47 Å². The summed E-state index contributed by atoms with van der Waals surface area (Å²) in [6.07, 6.45) is 2.82. The second kappa shape index (κ2) is 4.10. The Morgan fingerprint density at radius 3 is 2.53 bits per heavy atom. The van der Waals surface area contributed by atoms with Crippen LogP contribution in [-0.4, -0.2) is 24.1 Å². The van der Waals surface area contributed by atoms with Gasteiger partial charge in [-0.2, -0.15) is 0 Å². The van der Waals surface area contributed by atoms with Crippen LogP contribution in [0.4, 0.5) is 0 Å². The Morgan fingerprint density at radius 2 is 2.00 bits per heavy atom. The average Bonchev–Trinajstić information content (AvgIpc) is 2.97. The first-order valence-corrected chi connectivity index (χ1v) is 6.73. The Kier molecular flexibility index (Phi) is 2.71. The SMILES string of the molecule is O=C(N1CCCO1)C1(c2ccc(Br)cc2)CC1. The molecule has 1 saturated heterocycles. The quantitative estimate of drug-likeness (QED) is 0.839. The Hall–Kier alpha value is -0.870. The lowest BCUT2D eigenvalue weighted by Gasteiger charge is -2.21. The summed E-state index contributed by atoms with van der Waals surface area (Å²) in [5.74, 6) is 0.136. The van der Waals surface area contributed by atoms with Crippen LogP contribution in [0.15, 0.2) is 28.7 Å². The van der Waals surface area contributed by atoms with Crippen molar-refractivity contribution in [2.45, 2.75) is 24.7 Å². The summed E-state index contributed by atoms with van der Waals surface area (Å²) in [5.41, 5.74) is 0.812. The highest BCUT2D eigenvalue weighted by atomic mass is 79.9. The molecule has 1 aromatic carbocycles. The highest BCUT2D eigenvalue weighted by Crippen LogP contribution is 2.50. The minimum Gasteiger partial charge on any atom is -0.272 e. The van der Waals surface area contributed by atoms with Crippen molar-refractivity contribution in [3.63, 3.8) is 0 Å². The molecule has 0 radical (unpaired) electrons. The summed E-state index contributed by atoms with van der Waals surface area (Å²) in [5, 5.41) is 1.55. The molecule has 2 fully saturated rings. The first kappa shape index (κ1) is 11.2. The minimum absolute atomic E-state index is 0.136. The normalized spacial score (nSPS) is 21.6. The molecule has 0 atom stereocenters. The third-order valence-corrected chi connectivity index (χ3v) is 4.06. The van der Waals surface area contributed by atoms with Gasteiger partial charge in [-0.3, -0.25) is 9.63 Å². The van der Waals surface area contributed by atoms with Crippen molar-refractivity contribution in [3.8, 4) is 0 Å². The lowest BCUT2D eigenvalue weighted by atomic mass is 9.95. The van der Waals surface area contributed by atoms with Crippen LogP contribution in [0.5, 0.6) is 0 Å². The summed E-state index contributed by atoms with van der Waals surface area (Å²) < 4.78 is 1.04. The van der Waals surface area contributed by atoms with Crippen molar-refractivity contribution < 1.29 is 9.63 Å². The van der Waals surface area contributed by atoms with Crippen LogP contribution < -0.4 is 0 Å². The van der Waals surface area contributed by atoms with Gasteiger partial charge in [-0.15, -0.1) is 0 Å². The van der Waals surface area contributed by atoms with Gasteiger partial charge in [-0.1, -0.05) is 28.1 Å².